The van der Waals surface area contributed by atoms with Crippen LogP contribution in [0.15, 0.2) is 24.3 Å². The normalized spacial score (nSPS) is 18.1. The summed E-state index contributed by atoms with van der Waals surface area (Å²) in [6.45, 7) is 0.624. The summed E-state index contributed by atoms with van der Waals surface area (Å²) in [7, 11) is 0. The van der Waals surface area contributed by atoms with E-state index >= 15 is 0 Å². The van der Waals surface area contributed by atoms with Crippen molar-refractivity contribution in [3.63, 3.8) is 0 Å². The number of fused-ring (bicyclic) bond motifs is 1. The molecule has 1 N–H and O–H groups in total. The van der Waals surface area contributed by atoms with Crippen molar-refractivity contribution in [2.24, 2.45) is 0 Å². The highest BCUT2D eigenvalue weighted by Gasteiger charge is 2.27. The Morgan fingerprint density at radius 1 is 1.42 bits per heavy atom. The molecule has 1 aliphatic rings. The highest BCUT2D eigenvalue weighted by Crippen LogP contribution is 2.27. The first-order chi connectivity index (χ1) is 9.15. The first kappa shape index (κ1) is 12.1. The molecule has 0 bridgehead atoms. The lowest BCUT2D eigenvalue weighted by molar-refractivity contribution is -0.00206. The molecule has 0 saturated carbocycles. The van der Waals surface area contributed by atoms with Crippen molar-refractivity contribution >= 4 is 17.6 Å². The van der Waals surface area contributed by atoms with Gasteiger partial charge in [0.15, 0.2) is 5.69 Å². The highest BCUT2D eigenvalue weighted by molar-refractivity contribution is 6.30. The summed E-state index contributed by atoms with van der Waals surface area (Å²) in [5, 5.41) is 17.1. The van der Waals surface area contributed by atoms with Crippen molar-refractivity contribution in [1.82, 2.24) is 15.0 Å². The van der Waals surface area contributed by atoms with E-state index in [1.165, 1.54) is 0 Å². The van der Waals surface area contributed by atoms with Gasteiger partial charge in [0.25, 0.3) is 0 Å². The number of carboxylic acids is 1. The van der Waals surface area contributed by atoms with Gasteiger partial charge < -0.3 is 9.84 Å². The lowest BCUT2D eigenvalue weighted by Crippen LogP contribution is -2.22. The van der Waals surface area contributed by atoms with Crippen LogP contribution < -0.4 is 0 Å². The second-order valence-corrected chi connectivity index (χ2v) is 4.66. The Bertz CT molecular complexity index is 624. The quantitative estimate of drug-likeness (QED) is 0.908. The van der Waals surface area contributed by atoms with Gasteiger partial charge in [-0.25, -0.2) is 9.48 Å². The van der Waals surface area contributed by atoms with E-state index in [4.69, 9.17) is 21.4 Å². The van der Waals surface area contributed by atoms with E-state index in [0.717, 1.165) is 5.56 Å². The third-order valence-corrected chi connectivity index (χ3v) is 3.29. The molecule has 7 heteroatoms. The average Bonchev–Trinajstić information content (AvgIpc) is 2.82. The minimum Gasteiger partial charge on any atom is -0.476 e. The molecule has 6 nitrogen and oxygen atoms in total. The zero-order valence-corrected chi connectivity index (χ0v) is 10.5. The Morgan fingerprint density at radius 3 is 2.84 bits per heavy atom. The molecule has 2 aromatic rings. The molecule has 1 aromatic carbocycles. The second kappa shape index (κ2) is 4.64. The monoisotopic (exact) mass is 279 g/mol. The Morgan fingerprint density at radius 2 is 2.16 bits per heavy atom. The SMILES string of the molecule is O=C(O)c1nnn2c1CO[C@H](c1ccc(Cl)cc1)C2. The Labute approximate surface area is 113 Å². The van der Waals surface area contributed by atoms with Gasteiger partial charge in [-0.1, -0.05) is 28.9 Å². The Balaban J connectivity index is 1.86. The first-order valence-electron chi connectivity index (χ1n) is 5.68. The van der Waals surface area contributed by atoms with Gasteiger partial charge in [-0.05, 0) is 17.7 Å². The number of hydrogen-bond acceptors (Lipinski definition) is 4. The van der Waals surface area contributed by atoms with Crippen molar-refractivity contribution < 1.29 is 14.6 Å². The van der Waals surface area contributed by atoms with Crippen molar-refractivity contribution in [3.05, 3.63) is 46.2 Å². The van der Waals surface area contributed by atoms with E-state index in [2.05, 4.69) is 10.3 Å². The fourth-order valence-corrected chi connectivity index (χ4v) is 2.18. The predicted molar refractivity (Wildman–Crippen MR) is 66.0 cm³/mol. The van der Waals surface area contributed by atoms with Crippen molar-refractivity contribution in [2.75, 3.05) is 0 Å². The maximum atomic E-state index is 10.9. The number of aromatic carboxylic acids is 1. The van der Waals surface area contributed by atoms with Gasteiger partial charge in [-0.3, -0.25) is 0 Å². The second-order valence-electron chi connectivity index (χ2n) is 4.22. The van der Waals surface area contributed by atoms with E-state index in [1.807, 2.05) is 12.1 Å². The third kappa shape index (κ3) is 2.20. The number of halogens is 1. The number of nitrogens with zero attached hydrogens (tertiary/aromatic N) is 3. The topological polar surface area (TPSA) is 77.2 Å². The molecule has 3 rings (SSSR count). The van der Waals surface area contributed by atoms with E-state index in [-0.39, 0.29) is 18.4 Å². The molecule has 0 aliphatic carbocycles. The summed E-state index contributed by atoms with van der Waals surface area (Å²) in [6.07, 6.45) is -0.173. The maximum absolute atomic E-state index is 10.9. The zero-order chi connectivity index (χ0) is 13.4. The number of aromatic nitrogens is 3. The van der Waals surface area contributed by atoms with Crippen LogP contribution in [-0.2, 0) is 17.9 Å². The molecular formula is C12H10ClN3O3. The van der Waals surface area contributed by atoms with Crippen LogP contribution in [0, 0.1) is 0 Å². The predicted octanol–water partition coefficient (Wildman–Crippen LogP) is 1.90. The number of carbonyl (C=O) groups is 1. The number of carboxylic acid groups (broad SMARTS) is 1. The number of hydrogen-bond donors (Lipinski definition) is 1. The molecule has 2 heterocycles. The molecule has 0 saturated heterocycles. The van der Waals surface area contributed by atoms with Crippen molar-refractivity contribution in [1.29, 1.82) is 0 Å². The van der Waals surface area contributed by atoms with Crippen LogP contribution in [0.3, 0.4) is 0 Å². The summed E-state index contributed by atoms with van der Waals surface area (Å²) >= 11 is 5.84. The maximum Gasteiger partial charge on any atom is 0.358 e. The fraction of sp³-hybridized carbons (Fsp3) is 0.250. The molecule has 19 heavy (non-hydrogen) atoms. The lowest BCUT2D eigenvalue weighted by Gasteiger charge is -2.24. The molecule has 0 spiro atoms. The minimum atomic E-state index is -1.09. The molecule has 1 atom stereocenters. The summed E-state index contributed by atoms with van der Waals surface area (Å²) in [6, 6.07) is 7.35. The molecule has 0 radical (unpaired) electrons. The van der Waals surface area contributed by atoms with Gasteiger partial charge in [0.1, 0.15) is 6.10 Å². The minimum absolute atomic E-state index is 0.0467. The molecule has 1 aromatic heterocycles. The van der Waals surface area contributed by atoms with Crippen LogP contribution in [0.2, 0.25) is 5.02 Å². The molecule has 0 unspecified atom stereocenters. The molecule has 1 aliphatic heterocycles. The van der Waals surface area contributed by atoms with Crippen LogP contribution in [-0.4, -0.2) is 26.1 Å². The molecular weight excluding hydrogens is 270 g/mol. The van der Waals surface area contributed by atoms with Gasteiger partial charge in [0.2, 0.25) is 0 Å². The number of rotatable bonds is 2. The van der Waals surface area contributed by atoms with Gasteiger partial charge in [-0.2, -0.15) is 0 Å². The summed E-state index contributed by atoms with van der Waals surface area (Å²) in [5.74, 6) is -1.09. The van der Waals surface area contributed by atoms with Crippen LogP contribution in [0.5, 0.6) is 0 Å². The third-order valence-electron chi connectivity index (χ3n) is 3.04. The highest BCUT2D eigenvalue weighted by atomic mass is 35.5. The standard InChI is InChI=1S/C12H10ClN3O3/c13-8-3-1-7(2-4-8)10-5-16-9(6-19-10)11(12(17)18)14-15-16/h1-4,10H,5-6H2,(H,17,18)/t10-/m0/s1. The van der Waals surface area contributed by atoms with E-state index < -0.39 is 5.97 Å². The van der Waals surface area contributed by atoms with Crippen LogP contribution >= 0.6 is 11.6 Å². The van der Waals surface area contributed by atoms with Crippen LogP contribution in [0.25, 0.3) is 0 Å². The summed E-state index contributed by atoms with van der Waals surface area (Å²) in [5.41, 5.74) is 1.43. The van der Waals surface area contributed by atoms with E-state index in [1.54, 1.807) is 16.8 Å². The summed E-state index contributed by atoms with van der Waals surface area (Å²) in [4.78, 5) is 10.9. The summed E-state index contributed by atoms with van der Waals surface area (Å²) < 4.78 is 7.25. The van der Waals surface area contributed by atoms with Gasteiger partial charge in [0.05, 0.1) is 18.8 Å². The van der Waals surface area contributed by atoms with Crippen LogP contribution in [0.1, 0.15) is 27.8 Å². The molecule has 0 fully saturated rings. The van der Waals surface area contributed by atoms with E-state index in [0.29, 0.717) is 17.3 Å². The lowest BCUT2D eigenvalue weighted by atomic mass is 10.1. The zero-order valence-electron chi connectivity index (χ0n) is 9.78. The number of ether oxygens (including phenoxy) is 1. The van der Waals surface area contributed by atoms with Crippen molar-refractivity contribution in [2.45, 2.75) is 19.3 Å². The van der Waals surface area contributed by atoms with Gasteiger partial charge >= 0.3 is 5.97 Å². The largest absolute Gasteiger partial charge is 0.476 e. The van der Waals surface area contributed by atoms with Gasteiger partial charge in [0, 0.05) is 5.02 Å². The fourth-order valence-electron chi connectivity index (χ4n) is 2.06. The molecule has 0 amide bonds. The van der Waals surface area contributed by atoms with E-state index in [9.17, 15) is 4.79 Å². The van der Waals surface area contributed by atoms with Crippen molar-refractivity contribution in [3.8, 4) is 0 Å². The van der Waals surface area contributed by atoms with Crippen LogP contribution in [0.4, 0.5) is 0 Å². The number of benzene rings is 1. The van der Waals surface area contributed by atoms with Gasteiger partial charge in [-0.15, -0.1) is 5.10 Å². The average molecular weight is 280 g/mol. The first-order valence-corrected chi connectivity index (χ1v) is 6.05. The smallest absolute Gasteiger partial charge is 0.358 e. The molecule has 98 valence electrons. The Hall–Kier alpha value is -1.92. The Kier molecular flexibility index (Phi) is 2.96.